The SMILES string of the molecule is CC(C)(C)C(=O)OCOP(=O)(OCOC(=O)C(C)(C)C)OC(C(=O)N/C=C/c1cccc(F)c1F)c1csc2ccc(Cl)cc12. The van der Waals surface area contributed by atoms with Gasteiger partial charge in [-0.15, -0.1) is 11.3 Å². The largest absolute Gasteiger partial charge is 0.481 e. The van der Waals surface area contributed by atoms with Crippen LogP contribution in [0.2, 0.25) is 5.02 Å². The number of amides is 1. The Morgan fingerprint density at radius 1 is 0.978 bits per heavy atom. The van der Waals surface area contributed by atoms with Crippen molar-refractivity contribution in [1.82, 2.24) is 5.32 Å². The number of carbonyl (C=O) groups excluding carboxylic acids is 3. The first kappa shape index (κ1) is 36.3. The molecule has 0 saturated carbocycles. The van der Waals surface area contributed by atoms with E-state index in [1.165, 1.54) is 23.5 Å². The van der Waals surface area contributed by atoms with Crippen molar-refractivity contribution in [3.8, 4) is 0 Å². The average Bonchev–Trinajstić information content (AvgIpc) is 3.35. The van der Waals surface area contributed by atoms with Gasteiger partial charge < -0.3 is 14.8 Å². The molecule has 0 bridgehead atoms. The summed E-state index contributed by atoms with van der Waals surface area (Å²) in [6.07, 6.45) is 0.434. The normalized spacial score (nSPS) is 13.2. The van der Waals surface area contributed by atoms with Crippen molar-refractivity contribution < 1.29 is 50.8 Å². The molecule has 0 saturated heterocycles. The summed E-state index contributed by atoms with van der Waals surface area (Å²) in [6.45, 7) is 7.73. The zero-order valence-electron chi connectivity index (χ0n) is 25.4. The van der Waals surface area contributed by atoms with Crippen molar-refractivity contribution in [3.63, 3.8) is 0 Å². The van der Waals surface area contributed by atoms with Gasteiger partial charge in [0, 0.05) is 32.4 Å². The lowest BCUT2D eigenvalue weighted by molar-refractivity contribution is -0.164. The van der Waals surface area contributed by atoms with Crippen molar-refractivity contribution in [2.45, 2.75) is 47.6 Å². The molecule has 244 valence electrons. The molecule has 2 aromatic carbocycles. The Hall–Kier alpha value is -3.19. The smallest absolute Gasteiger partial charge is 0.437 e. The topological polar surface area (TPSA) is 126 Å². The predicted molar refractivity (Wildman–Crippen MR) is 165 cm³/mol. The van der Waals surface area contributed by atoms with Crippen LogP contribution in [-0.4, -0.2) is 31.4 Å². The van der Waals surface area contributed by atoms with E-state index in [2.05, 4.69) is 5.32 Å². The van der Waals surface area contributed by atoms with Gasteiger partial charge in [-0.2, -0.15) is 0 Å². The molecule has 0 radical (unpaired) electrons. The van der Waals surface area contributed by atoms with Crippen LogP contribution in [0.4, 0.5) is 8.78 Å². The highest BCUT2D eigenvalue weighted by molar-refractivity contribution is 7.48. The molecule has 0 aliphatic carbocycles. The van der Waals surface area contributed by atoms with Crippen molar-refractivity contribution in [1.29, 1.82) is 0 Å². The number of thiophene rings is 1. The average molecular weight is 688 g/mol. The number of carbonyl (C=O) groups is 3. The molecule has 1 heterocycles. The van der Waals surface area contributed by atoms with E-state index < -0.39 is 67.8 Å². The van der Waals surface area contributed by atoms with Gasteiger partial charge >= 0.3 is 19.8 Å². The number of benzene rings is 2. The second kappa shape index (κ2) is 14.9. The molecule has 1 N–H and O–H groups in total. The van der Waals surface area contributed by atoms with Gasteiger partial charge in [0.2, 0.25) is 13.6 Å². The van der Waals surface area contributed by atoms with Gasteiger partial charge in [0.15, 0.2) is 17.7 Å². The van der Waals surface area contributed by atoms with Crippen LogP contribution in [0.1, 0.15) is 58.8 Å². The van der Waals surface area contributed by atoms with Crippen LogP contribution in [-0.2, 0) is 42.0 Å². The van der Waals surface area contributed by atoms with Gasteiger partial charge in [-0.3, -0.25) is 18.9 Å². The summed E-state index contributed by atoms with van der Waals surface area (Å²) in [5.74, 6) is -4.53. The van der Waals surface area contributed by atoms with Crippen LogP contribution in [0.3, 0.4) is 0 Å². The van der Waals surface area contributed by atoms with Crippen LogP contribution in [0.5, 0.6) is 0 Å². The van der Waals surface area contributed by atoms with E-state index in [0.29, 0.717) is 15.1 Å². The van der Waals surface area contributed by atoms with Crippen molar-refractivity contribution in [2.24, 2.45) is 10.8 Å². The fourth-order valence-corrected chi connectivity index (χ4v) is 5.51. The van der Waals surface area contributed by atoms with Gasteiger partial charge in [0.1, 0.15) is 0 Å². The monoisotopic (exact) mass is 687 g/mol. The van der Waals surface area contributed by atoms with Crippen LogP contribution in [0, 0.1) is 22.5 Å². The molecule has 0 aliphatic heterocycles. The van der Waals surface area contributed by atoms with E-state index in [0.717, 1.165) is 18.3 Å². The van der Waals surface area contributed by atoms with Crippen LogP contribution < -0.4 is 5.32 Å². The Bertz CT molecular complexity index is 1600. The summed E-state index contributed by atoms with van der Waals surface area (Å²) < 4.78 is 68.6. The second-order valence-electron chi connectivity index (χ2n) is 11.6. The summed E-state index contributed by atoms with van der Waals surface area (Å²) >= 11 is 7.43. The van der Waals surface area contributed by atoms with Gasteiger partial charge in [0.05, 0.1) is 10.8 Å². The minimum atomic E-state index is -4.86. The van der Waals surface area contributed by atoms with Crippen molar-refractivity contribution in [3.05, 3.63) is 75.8 Å². The standard InChI is InChI=1S/C30H33ClF2NO9PS/c1-29(2,3)27(36)39-16-41-44(38,42-17-40-28(37)30(4,5)6)43-25(21-15-45-23-11-10-19(31)14-20(21)23)26(35)34-13-12-18-8-7-9-22(32)24(18)33/h7-15,25H,16-17H2,1-6H3,(H,34,35)/b13-12+. The summed E-state index contributed by atoms with van der Waals surface area (Å²) in [4.78, 5) is 38.1. The number of rotatable bonds is 12. The number of phosphoric ester groups is 1. The lowest BCUT2D eigenvalue weighted by Gasteiger charge is -2.24. The number of nitrogens with one attached hydrogen (secondary N) is 1. The zero-order valence-corrected chi connectivity index (χ0v) is 27.8. The third-order valence-electron chi connectivity index (χ3n) is 5.82. The van der Waals surface area contributed by atoms with Crippen molar-refractivity contribution >= 4 is 64.8 Å². The number of halogens is 3. The third-order valence-corrected chi connectivity index (χ3v) is 8.35. The number of hydrogen-bond donors (Lipinski definition) is 1. The highest BCUT2D eigenvalue weighted by Gasteiger charge is 2.38. The van der Waals surface area contributed by atoms with Crippen molar-refractivity contribution in [2.75, 3.05) is 13.6 Å². The first-order valence-electron chi connectivity index (χ1n) is 13.4. The molecule has 3 rings (SSSR count). The molecule has 15 heteroatoms. The van der Waals surface area contributed by atoms with E-state index in [-0.39, 0.29) is 11.1 Å². The first-order valence-corrected chi connectivity index (χ1v) is 16.1. The molecule has 1 aromatic heterocycles. The van der Waals surface area contributed by atoms with E-state index in [4.69, 9.17) is 34.6 Å². The Kier molecular flexibility index (Phi) is 12.0. The molecule has 10 nitrogen and oxygen atoms in total. The minimum Gasteiger partial charge on any atom is -0.437 e. The maximum absolute atomic E-state index is 14.1. The Morgan fingerprint density at radius 2 is 1.58 bits per heavy atom. The highest BCUT2D eigenvalue weighted by atomic mass is 35.5. The van der Waals surface area contributed by atoms with E-state index in [1.807, 2.05) is 0 Å². The number of phosphoric acid groups is 1. The summed E-state index contributed by atoms with van der Waals surface area (Å²) in [5, 5.41) is 4.76. The van der Waals surface area contributed by atoms with Gasteiger partial charge in [-0.25, -0.2) is 22.4 Å². The van der Waals surface area contributed by atoms with Gasteiger partial charge in [-0.1, -0.05) is 23.7 Å². The molecule has 1 unspecified atom stereocenters. The molecular weight excluding hydrogens is 655 g/mol. The summed E-state index contributed by atoms with van der Waals surface area (Å²) in [7, 11) is -4.86. The maximum atomic E-state index is 14.1. The highest BCUT2D eigenvalue weighted by Crippen LogP contribution is 2.54. The van der Waals surface area contributed by atoms with Crippen LogP contribution in [0.15, 0.2) is 48.0 Å². The minimum absolute atomic E-state index is 0.154. The molecule has 1 amide bonds. The number of hydrogen-bond acceptors (Lipinski definition) is 10. The van der Waals surface area contributed by atoms with Crippen LogP contribution >= 0.6 is 30.8 Å². The molecule has 0 aliphatic rings. The molecule has 0 spiro atoms. The lowest BCUT2D eigenvalue weighted by Crippen LogP contribution is -2.28. The second-order valence-corrected chi connectivity index (χ2v) is 14.6. The van der Waals surface area contributed by atoms with Crippen LogP contribution in [0.25, 0.3) is 16.2 Å². The van der Waals surface area contributed by atoms with E-state index in [1.54, 1.807) is 65.1 Å². The van der Waals surface area contributed by atoms with Gasteiger partial charge in [-0.05, 0) is 77.3 Å². The fraction of sp³-hybridized carbons (Fsp3) is 0.367. The quantitative estimate of drug-likeness (QED) is 0.115. The molecule has 1 atom stereocenters. The van der Waals surface area contributed by atoms with E-state index in [9.17, 15) is 27.7 Å². The molecule has 3 aromatic rings. The van der Waals surface area contributed by atoms with E-state index >= 15 is 0 Å². The first-order chi connectivity index (χ1) is 20.9. The summed E-state index contributed by atoms with van der Waals surface area (Å²) in [5.41, 5.74) is -1.81. The predicted octanol–water partition coefficient (Wildman–Crippen LogP) is 7.91. The molecule has 0 fully saturated rings. The Balaban J connectivity index is 1.95. The number of ether oxygens (including phenoxy) is 2. The van der Waals surface area contributed by atoms with Gasteiger partial charge in [0.25, 0.3) is 5.91 Å². The number of esters is 2. The molecule has 45 heavy (non-hydrogen) atoms. The number of fused-ring (bicyclic) bond motifs is 1. The Morgan fingerprint density at radius 3 is 2.16 bits per heavy atom. The summed E-state index contributed by atoms with van der Waals surface area (Å²) in [6, 6.07) is 8.43. The lowest BCUT2D eigenvalue weighted by atomic mass is 9.98. The molecular formula is C30H33ClF2NO9PS. The third kappa shape index (κ3) is 10.2. The maximum Gasteiger partial charge on any atom is 0.481 e. The Labute approximate surface area is 268 Å². The zero-order chi connectivity index (χ0) is 33.6. The fourth-order valence-electron chi connectivity index (χ4n) is 3.36.